The van der Waals surface area contributed by atoms with Gasteiger partial charge >= 0.3 is 0 Å². The van der Waals surface area contributed by atoms with E-state index in [1.165, 1.54) is 16.3 Å². The van der Waals surface area contributed by atoms with Crippen LogP contribution in [-0.2, 0) is 6.42 Å². The van der Waals surface area contributed by atoms with Crippen LogP contribution < -0.4 is 16.0 Å². The van der Waals surface area contributed by atoms with Crippen LogP contribution in [0.1, 0.15) is 12.0 Å². The molecule has 0 amide bonds. The lowest BCUT2D eigenvalue weighted by Gasteiger charge is -2.15. The highest BCUT2D eigenvalue weighted by Crippen LogP contribution is 2.25. The standard InChI is InChI=1S/C16H20N2O/c1-3-5-14(18-17)10-13-7-4-6-12-8-9-15(19-2)11-16(12)13/h3-4,6-9,11,14,18H,1,5,10,17H2,2H3. The molecule has 3 N–H and O–H groups in total. The molecule has 3 nitrogen and oxygen atoms in total. The lowest BCUT2D eigenvalue weighted by atomic mass is 9.97. The zero-order chi connectivity index (χ0) is 13.7. The molecule has 0 spiro atoms. The van der Waals surface area contributed by atoms with E-state index in [0.29, 0.717) is 0 Å². The van der Waals surface area contributed by atoms with Gasteiger partial charge in [-0.25, -0.2) is 0 Å². The Morgan fingerprint density at radius 3 is 2.89 bits per heavy atom. The largest absolute Gasteiger partial charge is 0.497 e. The molecule has 0 saturated heterocycles. The molecule has 3 heteroatoms. The average Bonchev–Trinajstić information content (AvgIpc) is 2.46. The van der Waals surface area contributed by atoms with Gasteiger partial charge in [0, 0.05) is 6.04 Å². The zero-order valence-corrected chi connectivity index (χ0v) is 11.2. The fourth-order valence-electron chi connectivity index (χ4n) is 2.30. The van der Waals surface area contributed by atoms with Crippen LogP contribution in [0.2, 0.25) is 0 Å². The summed E-state index contributed by atoms with van der Waals surface area (Å²) in [6.45, 7) is 3.76. The number of nitrogens with two attached hydrogens (primary N) is 1. The summed E-state index contributed by atoms with van der Waals surface area (Å²) < 4.78 is 5.30. The van der Waals surface area contributed by atoms with E-state index in [4.69, 9.17) is 10.6 Å². The molecule has 0 heterocycles. The fraction of sp³-hybridized carbons (Fsp3) is 0.250. The quantitative estimate of drug-likeness (QED) is 0.474. The van der Waals surface area contributed by atoms with E-state index in [-0.39, 0.29) is 6.04 Å². The van der Waals surface area contributed by atoms with Crippen LogP contribution in [0.25, 0.3) is 10.8 Å². The number of nitrogens with one attached hydrogen (secondary N) is 1. The highest BCUT2D eigenvalue weighted by atomic mass is 16.5. The van der Waals surface area contributed by atoms with Crippen LogP contribution in [0, 0.1) is 0 Å². The molecule has 1 unspecified atom stereocenters. The van der Waals surface area contributed by atoms with Crippen molar-refractivity contribution in [3.63, 3.8) is 0 Å². The summed E-state index contributed by atoms with van der Waals surface area (Å²) in [4.78, 5) is 0. The monoisotopic (exact) mass is 256 g/mol. The second-order valence-electron chi connectivity index (χ2n) is 4.60. The Morgan fingerprint density at radius 1 is 1.37 bits per heavy atom. The number of fused-ring (bicyclic) bond motifs is 1. The summed E-state index contributed by atoms with van der Waals surface area (Å²) in [5, 5.41) is 2.43. The average molecular weight is 256 g/mol. The minimum atomic E-state index is 0.203. The molecule has 2 aromatic carbocycles. The molecule has 2 rings (SSSR count). The summed E-state index contributed by atoms with van der Waals surface area (Å²) in [5.41, 5.74) is 4.11. The summed E-state index contributed by atoms with van der Waals surface area (Å²) in [7, 11) is 1.69. The van der Waals surface area contributed by atoms with Crippen molar-refractivity contribution in [2.75, 3.05) is 7.11 Å². The molecule has 100 valence electrons. The first-order valence-electron chi connectivity index (χ1n) is 6.41. The van der Waals surface area contributed by atoms with E-state index in [1.807, 2.05) is 12.1 Å². The molecular weight excluding hydrogens is 236 g/mol. The van der Waals surface area contributed by atoms with E-state index >= 15 is 0 Å². The Balaban J connectivity index is 2.38. The smallest absolute Gasteiger partial charge is 0.119 e. The van der Waals surface area contributed by atoms with Gasteiger partial charge in [0.25, 0.3) is 0 Å². The summed E-state index contributed by atoms with van der Waals surface area (Å²) in [6.07, 6.45) is 3.60. The van der Waals surface area contributed by atoms with Crippen LogP contribution in [0.3, 0.4) is 0 Å². The van der Waals surface area contributed by atoms with E-state index in [2.05, 4.69) is 42.3 Å². The first-order valence-corrected chi connectivity index (χ1v) is 6.41. The molecular formula is C16H20N2O. The minimum absolute atomic E-state index is 0.203. The number of hydrogen-bond acceptors (Lipinski definition) is 3. The van der Waals surface area contributed by atoms with Gasteiger partial charge < -0.3 is 4.74 Å². The van der Waals surface area contributed by atoms with E-state index in [0.717, 1.165) is 18.6 Å². The maximum atomic E-state index is 5.58. The van der Waals surface area contributed by atoms with Crippen molar-refractivity contribution in [2.24, 2.45) is 5.84 Å². The van der Waals surface area contributed by atoms with Crippen LogP contribution in [0.4, 0.5) is 0 Å². The third kappa shape index (κ3) is 3.13. The van der Waals surface area contributed by atoms with Crippen LogP contribution in [0.15, 0.2) is 49.1 Å². The van der Waals surface area contributed by atoms with E-state index in [1.54, 1.807) is 7.11 Å². The Labute approximate surface area is 114 Å². The predicted octanol–water partition coefficient (Wildman–Crippen LogP) is 2.80. The van der Waals surface area contributed by atoms with Crippen LogP contribution in [-0.4, -0.2) is 13.2 Å². The summed E-state index contributed by atoms with van der Waals surface area (Å²) in [5.74, 6) is 6.46. The zero-order valence-electron chi connectivity index (χ0n) is 11.2. The van der Waals surface area contributed by atoms with Crippen LogP contribution in [0.5, 0.6) is 5.75 Å². The van der Waals surface area contributed by atoms with Crippen molar-refractivity contribution >= 4 is 10.8 Å². The molecule has 0 saturated carbocycles. The normalized spacial score (nSPS) is 12.3. The Morgan fingerprint density at radius 2 is 2.21 bits per heavy atom. The first-order chi connectivity index (χ1) is 9.28. The molecule has 0 fully saturated rings. The van der Waals surface area contributed by atoms with Crippen LogP contribution >= 0.6 is 0 Å². The SMILES string of the molecule is C=CCC(Cc1cccc2ccc(OC)cc12)NN. The van der Waals surface area contributed by atoms with Crippen molar-refractivity contribution in [1.29, 1.82) is 0 Å². The lowest BCUT2D eigenvalue weighted by molar-refractivity contribution is 0.415. The number of benzene rings is 2. The third-order valence-corrected chi connectivity index (χ3v) is 3.33. The fourth-order valence-corrected chi connectivity index (χ4v) is 2.30. The van der Waals surface area contributed by atoms with Gasteiger partial charge in [0.1, 0.15) is 5.75 Å². The molecule has 0 aliphatic rings. The topological polar surface area (TPSA) is 47.3 Å². The molecule has 0 aromatic heterocycles. The van der Waals surface area contributed by atoms with Gasteiger partial charge in [-0.1, -0.05) is 30.3 Å². The van der Waals surface area contributed by atoms with Gasteiger partial charge in [-0.05, 0) is 41.3 Å². The number of methoxy groups -OCH3 is 1. The lowest BCUT2D eigenvalue weighted by Crippen LogP contribution is -2.36. The van der Waals surface area contributed by atoms with Crippen molar-refractivity contribution < 1.29 is 4.74 Å². The minimum Gasteiger partial charge on any atom is -0.497 e. The number of ether oxygens (including phenoxy) is 1. The summed E-state index contributed by atoms with van der Waals surface area (Å²) in [6, 6.07) is 12.7. The molecule has 1 atom stereocenters. The molecule has 0 radical (unpaired) electrons. The Hall–Kier alpha value is -1.84. The number of rotatable bonds is 6. The molecule has 19 heavy (non-hydrogen) atoms. The second kappa shape index (κ2) is 6.36. The first kappa shape index (κ1) is 13.6. The van der Waals surface area contributed by atoms with Crippen molar-refractivity contribution in [2.45, 2.75) is 18.9 Å². The van der Waals surface area contributed by atoms with Gasteiger partial charge in [-0.3, -0.25) is 11.3 Å². The molecule has 0 aliphatic carbocycles. The van der Waals surface area contributed by atoms with Gasteiger partial charge in [0.15, 0.2) is 0 Å². The van der Waals surface area contributed by atoms with Gasteiger partial charge in [-0.15, -0.1) is 6.58 Å². The molecule has 0 bridgehead atoms. The van der Waals surface area contributed by atoms with E-state index in [9.17, 15) is 0 Å². The summed E-state index contributed by atoms with van der Waals surface area (Å²) >= 11 is 0. The Kier molecular flexibility index (Phi) is 4.55. The van der Waals surface area contributed by atoms with Crippen molar-refractivity contribution in [3.8, 4) is 5.75 Å². The predicted molar refractivity (Wildman–Crippen MR) is 80.1 cm³/mol. The van der Waals surface area contributed by atoms with Gasteiger partial charge in [-0.2, -0.15) is 0 Å². The van der Waals surface area contributed by atoms with Gasteiger partial charge in [0.05, 0.1) is 7.11 Å². The molecule has 0 aliphatic heterocycles. The second-order valence-corrected chi connectivity index (χ2v) is 4.60. The van der Waals surface area contributed by atoms with Gasteiger partial charge in [0.2, 0.25) is 0 Å². The number of hydrazine groups is 1. The van der Waals surface area contributed by atoms with Crippen molar-refractivity contribution in [3.05, 3.63) is 54.6 Å². The maximum Gasteiger partial charge on any atom is 0.119 e. The van der Waals surface area contributed by atoms with E-state index < -0.39 is 0 Å². The number of hydrogen-bond donors (Lipinski definition) is 2. The van der Waals surface area contributed by atoms with Crippen molar-refractivity contribution in [1.82, 2.24) is 5.43 Å². The molecule has 2 aromatic rings. The third-order valence-electron chi connectivity index (χ3n) is 3.33. The maximum absolute atomic E-state index is 5.58. The highest BCUT2D eigenvalue weighted by Gasteiger charge is 2.09. The Bertz CT molecular complexity index is 566. The highest BCUT2D eigenvalue weighted by molar-refractivity contribution is 5.87.